The van der Waals surface area contributed by atoms with E-state index in [2.05, 4.69) is 34.4 Å². The summed E-state index contributed by atoms with van der Waals surface area (Å²) in [7, 11) is 0. The summed E-state index contributed by atoms with van der Waals surface area (Å²) in [6.45, 7) is 10.1. The third-order valence-electron chi connectivity index (χ3n) is 3.58. The number of nitrogens with zero attached hydrogens (tertiary/aromatic N) is 3. The Hall–Kier alpha value is -0.710. The molecule has 2 fully saturated rings. The predicted octanol–water partition coefficient (Wildman–Crippen LogP) is 0.949. The van der Waals surface area contributed by atoms with E-state index in [1.165, 1.54) is 4.90 Å². The van der Waals surface area contributed by atoms with Gasteiger partial charge in [-0.3, -0.25) is 14.7 Å². The highest BCUT2D eigenvalue weighted by atomic mass is 127. The summed E-state index contributed by atoms with van der Waals surface area (Å²) in [5.41, 5.74) is 0. The zero-order valence-corrected chi connectivity index (χ0v) is 17.1. The van der Waals surface area contributed by atoms with Crippen LogP contribution in [0.4, 0.5) is 4.79 Å². The number of imide groups is 1. The van der Waals surface area contributed by atoms with E-state index in [0.29, 0.717) is 13.1 Å². The SMILES string of the molecule is CCNC(=NCCN1C(=O)CNC1=O)N1CCSC(C)(C)C1.I. The lowest BCUT2D eigenvalue weighted by atomic mass is 10.2. The van der Waals surface area contributed by atoms with Gasteiger partial charge in [-0.15, -0.1) is 24.0 Å². The summed E-state index contributed by atoms with van der Waals surface area (Å²) in [5, 5.41) is 5.82. The molecule has 132 valence electrons. The number of hydrogen-bond acceptors (Lipinski definition) is 4. The second kappa shape index (κ2) is 8.95. The topological polar surface area (TPSA) is 77.0 Å². The second-order valence-corrected chi connectivity index (χ2v) is 7.77. The second-order valence-electron chi connectivity index (χ2n) is 5.97. The molecule has 0 unspecified atom stereocenters. The number of aliphatic imine (C=N–C) groups is 1. The Kier molecular flexibility index (Phi) is 7.91. The van der Waals surface area contributed by atoms with Crippen molar-refractivity contribution in [3.8, 4) is 0 Å². The number of carbonyl (C=O) groups is 2. The van der Waals surface area contributed by atoms with E-state index in [1.54, 1.807) is 0 Å². The third kappa shape index (κ3) is 5.70. The molecule has 2 aliphatic heterocycles. The molecule has 2 heterocycles. The van der Waals surface area contributed by atoms with Crippen LogP contribution < -0.4 is 10.6 Å². The fourth-order valence-corrected chi connectivity index (χ4v) is 3.67. The van der Waals surface area contributed by atoms with Crippen molar-refractivity contribution in [2.24, 2.45) is 4.99 Å². The van der Waals surface area contributed by atoms with Gasteiger partial charge in [0.2, 0.25) is 5.91 Å². The van der Waals surface area contributed by atoms with E-state index in [-0.39, 0.29) is 47.2 Å². The van der Waals surface area contributed by atoms with Crippen LogP contribution in [0.5, 0.6) is 0 Å². The molecule has 0 aromatic heterocycles. The molecule has 0 bridgehead atoms. The molecule has 0 aromatic rings. The molecular weight excluding hydrogens is 429 g/mol. The summed E-state index contributed by atoms with van der Waals surface area (Å²) < 4.78 is 0.208. The molecule has 2 N–H and O–H groups in total. The van der Waals surface area contributed by atoms with Gasteiger partial charge >= 0.3 is 6.03 Å². The molecule has 9 heteroatoms. The van der Waals surface area contributed by atoms with E-state index in [0.717, 1.165) is 31.3 Å². The Morgan fingerprint density at radius 2 is 2.17 bits per heavy atom. The van der Waals surface area contributed by atoms with Gasteiger partial charge in [-0.1, -0.05) is 0 Å². The number of amides is 3. The number of urea groups is 1. The van der Waals surface area contributed by atoms with Gasteiger partial charge in [0.25, 0.3) is 0 Å². The Bertz CT molecular complexity index is 456. The van der Waals surface area contributed by atoms with E-state index >= 15 is 0 Å². The van der Waals surface area contributed by atoms with Crippen molar-refractivity contribution in [1.82, 2.24) is 20.4 Å². The summed E-state index contributed by atoms with van der Waals surface area (Å²) in [6, 6.07) is -0.319. The first kappa shape index (κ1) is 20.3. The number of thioether (sulfide) groups is 1. The highest BCUT2D eigenvalue weighted by molar-refractivity contribution is 14.0. The number of halogens is 1. The molecule has 23 heavy (non-hydrogen) atoms. The highest BCUT2D eigenvalue weighted by Gasteiger charge is 2.29. The van der Waals surface area contributed by atoms with E-state index in [1.807, 2.05) is 18.7 Å². The van der Waals surface area contributed by atoms with Gasteiger partial charge in [-0.25, -0.2) is 4.79 Å². The first-order valence-corrected chi connectivity index (χ1v) is 8.67. The average Bonchev–Trinajstić information content (AvgIpc) is 2.77. The molecule has 0 atom stereocenters. The average molecular weight is 455 g/mol. The standard InChI is InChI=1S/C14H25N5O2S.HI/c1-4-15-12(18-7-8-22-14(2,3)10-18)16-5-6-19-11(20)9-17-13(19)21;/h4-10H2,1-3H3,(H,15,16)(H,17,21);1H. The zero-order valence-electron chi connectivity index (χ0n) is 13.9. The molecule has 0 spiro atoms. The van der Waals surface area contributed by atoms with Crippen LogP contribution >= 0.6 is 35.7 Å². The van der Waals surface area contributed by atoms with Crippen molar-refractivity contribution in [3.63, 3.8) is 0 Å². The largest absolute Gasteiger partial charge is 0.357 e. The minimum atomic E-state index is -0.319. The molecule has 2 rings (SSSR count). The van der Waals surface area contributed by atoms with Crippen molar-refractivity contribution < 1.29 is 9.59 Å². The van der Waals surface area contributed by atoms with Crippen LogP contribution in [-0.4, -0.2) is 77.5 Å². The molecule has 2 saturated heterocycles. The first-order valence-electron chi connectivity index (χ1n) is 7.68. The number of carbonyl (C=O) groups excluding carboxylic acids is 2. The molecule has 2 aliphatic rings. The van der Waals surface area contributed by atoms with Crippen LogP contribution in [-0.2, 0) is 4.79 Å². The van der Waals surface area contributed by atoms with Gasteiger partial charge in [-0.2, -0.15) is 11.8 Å². The summed E-state index contributed by atoms with van der Waals surface area (Å²) >= 11 is 1.97. The lowest BCUT2D eigenvalue weighted by molar-refractivity contribution is -0.124. The molecule has 0 saturated carbocycles. The normalized spacial score (nSPS) is 21.1. The molecular formula is C14H26IN5O2S. The third-order valence-corrected chi connectivity index (χ3v) is 4.88. The van der Waals surface area contributed by atoms with Crippen LogP contribution in [0.25, 0.3) is 0 Å². The first-order chi connectivity index (χ1) is 10.4. The Morgan fingerprint density at radius 3 is 2.74 bits per heavy atom. The predicted molar refractivity (Wildman–Crippen MR) is 105 cm³/mol. The van der Waals surface area contributed by atoms with E-state index in [4.69, 9.17) is 0 Å². The number of hydrogen-bond donors (Lipinski definition) is 2. The summed E-state index contributed by atoms with van der Waals surface area (Å²) in [5.74, 6) is 1.76. The maximum Gasteiger partial charge on any atom is 0.324 e. The fourth-order valence-electron chi connectivity index (χ4n) is 2.56. The summed E-state index contributed by atoms with van der Waals surface area (Å²) in [4.78, 5) is 31.1. The Morgan fingerprint density at radius 1 is 1.43 bits per heavy atom. The van der Waals surface area contributed by atoms with Crippen molar-refractivity contribution in [3.05, 3.63) is 0 Å². The van der Waals surface area contributed by atoms with Gasteiger partial charge in [0, 0.05) is 30.1 Å². The van der Waals surface area contributed by atoms with E-state index in [9.17, 15) is 9.59 Å². The van der Waals surface area contributed by atoms with Gasteiger partial charge in [0.15, 0.2) is 5.96 Å². The van der Waals surface area contributed by atoms with Gasteiger partial charge in [0.1, 0.15) is 0 Å². The summed E-state index contributed by atoms with van der Waals surface area (Å²) in [6.07, 6.45) is 0. The Labute approximate surface area is 159 Å². The molecule has 7 nitrogen and oxygen atoms in total. The minimum absolute atomic E-state index is 0. The highest BCUT2D eigenvalue weighted by Crippen LogP contribution is 2.29. The van der Waals surface area contributed by atoms with Gasteiger partial charge < -0.3 is 15.5 Å². The van der Waals surface area contributed by atoms with Crippen molar-refractivity contribution in [2.75, 3.05) is 45.0 Å². The lowest BCUT2D eigenvalue weighted by Gasteiger charge is -2.39. The van der Waals surface area contributed by atoms with Crippen LogP contribution in [0.3, 0.4) is 0 Å². The Balaban J connectivity index is 0.00000264. The zero-order chi connectivity index (χ0) is 16.2. The monoisotopic (exact) mass is 455 g/mol. The quantitative estimate of drug-likeness (QED) is 0.286. The maximum absolute atomic E-state index is 11.5. The lowest BCUT2D eigenvalue weighted by Crippen LogP contribution is -2.51. The molecule has 0 radical (unpaired) electrons. The molecule has 0 aromatic carbocycles. The van der Waals surface area contributed by atoms with Crippen LogP contribution in [0.15, 0.2) is 4.99 Å². The van der Waals surface area contributed by atoms with Crippen LogP contribution in [0, 0.1) is 0 Å². The van der Waals surface area contributed by atoms with Crippen LogP contribution in [0.1, 0.15) is 20.8 Å². The fraction of sp³-hybridized carbons (Fsp3) is 0.786. The van der Waals surface area contributed by atoms with Gasteiger partial charge in [0.05, 0.1) is 19.6 Å². The van der Waals surface area contributed by atoms with Crippen molar-refractivity contribution >= 4 is 53.6 Å². The smallest absolute Gasteiger partial charge is 0.324 e. The minimum Gasteiger partial charge on any atom is -0.357 e. The maximum atomic E-state index is 11.5. The number of guanidine groups is 1. The van der Waals surface area contributed by atoms with Crippen molar-refractivity contribution in [2.45, 2.75) is 25.5 Å². The molecule has 0 aliphatic carbocycles. The van der Waals surface area contributed by atoms with Crippen molar-refractivity contribution in [1.29, 1.82) is 0 Å². The number of rotatable bonds is 4. The number of nitrogens with one attached hydrogen (secondary N) is 2. The molecule has 3 amide bonds. The van der Waals surface area contributed by atoms with Gasteiger partial charge in [-0.05, 0) is 20.8 Å². The van der Waals surface area contributed by atoms with E-state index < -0.39 is 0 Å². The van der Waals surface area contributed by atoms with Crippen LogP contribution in [0.2, 0.25) is 0 Å².